The third kappa shape index (κ3) is 3.26. The molecule has 5 nitrogen and oxygen atoms in total. The molecule has 116 valence electrons. The molecule has 3 atom stereocenters. The molecule has 0 bridgehead atoms. The molecular formula is C16H26N4O. The van der Waals surface area contributed by atoms with Crippen molar-refractivity contribution in [2.45, 2.75) is 31.5 Å². The molecule has 3 unspecified atom stereocenters. The summed E-state index contributed by atoms with van der Waals surface area (Å²) in [5, 5.41) is 0. The van der Waals surface area contributed by atoms with E-state index in [1.54, 1.807) is 0 Å². The third-order valence-electron chi connectivity index (χ3n) is 4.64. The van der Waals surface area contributed by atoms with Gasteiger partial charge in [0.05, 0.1) is 0 Å². The predicted molar refractivity (Wildman–Crippen MR) is 84.6 cm³/mol. The molecule has 1 saturated heterocycles. The number of carbonyl (C=O) groups excluding carboxylic acids is 1. The van der Waals surface area contributed by atoms with E-state index in [4.69, 9.17) is 11.5 Å². The molecule has 1 fully saturated rings. The van der Waals surface area contributed by atoms with Gasteiger partial charge in [-0.15, -0.1) is 0 Å². The Labute approximate surface area is 126 Å². The summed E-state index contributed by atoms with van der Waals surface area (Å²) in [6.45, 7) is 6.61. The van der Waals surface area contributed by atoms with Crippen molar-refractivity contribution < 1.29 is 4.79 Å². The van der Waals surface area contributed by atoms with Crippen LogP contribution < -0.4 is 11.5 Å². The van der Waals surface area contributed by atoms with Crippen molar-refractivity contribution in [3.63, 3.8) is 0 Å². The second-order valence-corrected chi connectivity index (χ2v) is 6.26. The first kappa shape index (κ1) is 15.9. The molecule has 0 spiro atoms. The summed E-state index contributed by atoms with van der Waals surface area (Å²) in [7, 11) is 2.13. The lowest BCUT2D eigenvalue weighted by Crippen LogP contribution is -2.62. The Morgan fingerprint density at radius 3 is 2.24 bits per heavy atom. The number of nitrogens with zero attached hydrogens (tertiary/aromatic N) is 2. The average Bonchev–Trinajstić information content (AvgIpc) is 2.45. The van der Waals surface area contributed by atoms with Gasteiger partial charge in [-0.2, -0.15) is 0 Å². The Balaban J connectivity index is 2.20. The van der Waals surface area contributed by atoms with Crippen LogP contribution in [0.1, 0.15) is 19.4 Å². The molecule has 1 aliphatic rings. The zero-order valence-corrected chi connectivity index (χ0v) is 13.1. The van der Waals surface area contributed by atoms with E-state index < -0.39 is 11.4 Å². The van der Waals surface area contributed by atoms with Crippen molar-refractivity contribution in [2.75, 3.05) is 26.7 Å². The third-order valence-corrected chi connectivity index (χ3v) is 4.64. The number of benzene rings is 1. The lowest BCUT2D eigenvalue weighted by atomic mass is 9.89. The lowest BCUT2D eigenvalue weighted by molar-refractivity contribution is -0.124. The molecular weight excluding hydrogens is 264 g/mol. The second kappa shape index (κ2) is 6.13. The fraction of sp³-hybridized carbons (Fsp3) is 0.562. The summed E-state index contributed by atoms with van der Waals surface area (Å²) in [5.41, 5.74) is 11.6. The van der Waals surface area contributed by atoms with Crippen LogP contribution in [0.4, 0.5) is 0 Å². The highest BCUT2D eigenvalue weighted by molar-refractivity contribution is 5.86. The summed E-state index contributed by atoms with van der Waals surface area (Å²) >= 11 is 0. The van der Waals surface area contributed by atoms with Crippen molar-refractivity contribution in [3.8, 4) is 0 Å². The monoisotopic (exact) mass is 290 g/mol. The SMILES string of the molecule is CC1CN(CC(N)(C(N)=O)c2ccccc2)CC(C)N1C. The molecule has 1 aliphatic heterocycles. The number of hydrogen-bond donors (Lipinski definition) is 2. The second-order valence-electron chi connectivity index (χ2n) is 6.26. The minimum absolute atomic E-state index is 0.432. The van der Waals surface area contributed by atoms with E-state index in [2.05, 4.69) is 30.7 Å². The summed E-state index contributed by atoms with van der Waals surface area (Å²) in [5.74, 6) is -0.479. The molecule has 0 aromatic heterocycles. The standard InChI is InChI=1S/C16H26N4O/c1-12-9-20(10-13(2)19(12)3)11-16(18,15(17)21)14-7-5-4-6-8-14/h4-8,12-13H,9-11,18H2,1-3H3,(H2,17,21). The zero-order valence-electron chi connectivity index (χ0n) is 13.1. The van der Waals surface area contributed by atoms with Gasteiger partial charge < -0.3 is 11.5 Å². The number of piperazine rings is 1. The Bertz CT molecular complexity index is 480. The summed E-state index contributed by atoms with van der Waals surface area (Å²) < 4.78 is 0. The Kier molecular flexibility index (Phi) is 4.66. The number of likely N-dealkylation sites (N-methyl/N-ethyl adjacent to an activating group) is 1. The molecule has 21 heavy (non-hydrogen) atoms. The van der Waals surface area contributed by atoms with Gasteiger partial charge in [-0.25, -0.2) is 0 Å². The van der Waals surface area contributed by atoms with Crippen molar-refractivity contribution >= 4 is 5.91 Å². The molecule has 0 aliphatic carbocycles. The van der Waals surface area contributed by atoms with Crippen molar-refractivity contribution in [1.29, 1.82) is 0 Å². The number of carbonyl (C=O) groups is 1. The van der Waals surface area contributed by atoms with Gasteiger partial charge in [-0.05, 0) is 26.5 Å². The molecule has 1 heterocycles. The minimum Gasteiger partial charge on any atom is -0.368 e. The van der Waals surface area contributed by atoms with Crippen LogP contribution in [0.25, 0.3) is 0 Å². The number of amides is 1. The summed E-state index contributed by atoms with van der Waals surface area (Å²) in [6, 6.07) is 10.3. The van der Waals surface area contributed by atoms with Gasteiger partial charge in [0, 0.05) is 31.7 Å². The van der Waals surface area contributed by atoms with Crippen LogP contribution in [0, 0.1) is 0 Å². The smallest absolute Gasteiger partial charge is 0.243 e. The van der Waals surface area contributed by atoms with Crippen LogP contribution in [0.3, 0.4) is 0 Å². The number of primary amides is 1. The van der Waals surface area contributed by atoms with E-state index >= 15 is 0 Å². The summed E-state index contributed by atoms with van der Waals surface area (Å²) in [6.07, 6.45) is 0. The van der Waals surface area contributed by atoms with Crippen molar-refractivity contribution in [3.05, 3.63) is 35.9 Å². The van der Waals surface area contributed by atoms with Gasteiger partial charge in [0.25, 0.3) is 0 Å². The molecule has 1 aromatic carbocycles. The zero-order chi connectivity index (χ0) is 15.6. The van der Waals surface area contributed by atoms with Crippen molar-refractivity contribution in [2.24, 2.45) is 11.5 Å². The lowest BCUT2D eigenvalue weighted by Gasteiger charge is -2.44. The minimum atomic E-state index is -1.14. The highest BCUT2D eigenvalue weighted by atomic mass is 16.1. The van der Waals surface area contributed by atoms with Crippen LogP contribution in [0.15, 0.2) is 30.3 Å². The van der Waals surface area contributed by atoms with E-state index in [1.807, 2.05) is 30.3 Å². The van der Waals surface area contributed by atoms with E-state index in [1.165, 1.54) is 0 Å². The van der Waals surface area contributed by atoms with E-state index in [-0.39, 0.29) is 0 Å². The van der Waals surface area contributed by atoms with Gasteiger partial charge >= 0.3 is 0 Å². The van der Waals surface area contributed by atoms with Crippen LogP contribution in [-0.4, -0.2) is 54.5 Å². The van der Waals surface area contributed by atoms with E-state index in [9.17, 15) is 4.79 Å². The maximum absolute atomic E-state index is 12.0. The Hall–Kier alpha value is -1.43. The highest BCUT2D eigenvalue weighted by Gasteiger charge is 2.38. The van der Waals surface area contributed by atoms with E-state index in [0.717, 1.165) is 18.7 Å². The van der Waals surface area contributed by atoms with Crippen LogP contribution in [0.2, 0.25) is 0 Å². The molecule has 5 heteroatoms. The molecule has 0 radical (unpaired) electrons. The van der Waals surface area contributed by atoms with Crippen molar-refractivity contribution in [1.82, 2.24) is 9.80 Å². The predicted octanol–water partition coefficient (Wildman–Crippen LogP) is 0.350. The van der Waals surface area contributed by atoms with E-state index in [0.29, 0.717) is 18.6 Å². The largest absolute Gasteiger partial charge is 0.368 e. The van der Waals surface area contributed by atoms with Gasteiger partial charge in [0.15, 0.2) is 0 Å². The average molecular weight is 290 g/mol. The van der Waals surface area contributed by atoms with Gasteiger partial charge in [0.1, 0.15) is 5.54 Å². The molecule has 1 amide bonds. The Morgan fingerprint density at radius 1 is 1.24 bits per heavy atom. The molecule has 0 saturated carbocycles. The molecule has 1 aromatic rings. The normalized spacial score (nSPS) is 27.2. The summed E-state index contributed by atoms with van der Waals surface area (Å²) in [4.78, 5) is 16.6. The van der Waals surface area contributed by atoms with Gasteiger partial charge in [0.2, 0.25) is 5.91 Å². The number of hydrogen-bond acceptors (Lipinski definition) is 4. The number of rotatable bonds is 4. The highest BCUT2D eigenvalue weighted by Crippen LogP contribution is 2.22. The first-order valence-electron chi connectivity index (χ1n) is 7.43. The fourth-order valence-corrected chi connectivity index (χ4v) is 3.04. The van der Waals surface area contributed by atoms with Gasteiger partial charge in [-0.1, -0.05) is 30.3 Å². The number of nitrogens with two attached hydrogens (primary N) is 2. The Morgan fingerprint density at radius 2 is 1.76 bits per heavy atom. The quantitative estimate of drug-likeness (QED) is 0.839. The van der Waals surface area contributed by atoms with Crippen LogP contribution in [-0.2, 0) is 10.3 Å². The topological polar surface area (TPSA) is 75.6 Å². The van der Waals surface area contributed by atoms with Crippen LogP contribution in [0.5, 0.6) is 0 Å². The molecule has 2 rings (SSSR count). The first-order valence-corrected chi connectivity index (χ1v) is 7.43. The van der Waals surface area contributed by atoms with Crippen LogP contribution >= 0.6 is 0 Å². The maximum Gasteiger partial charge on any atom is 0.243 e. The maximum atomic E-state index is 12.0. The fourth-order valence-electron chi connectivity index (χ4n) is 3.04. The van der Waals surface area contributed by atoms with Gasteiger partial charge in [-0.3, -0.25) is 14.6 Å². The molecule has 4 N–H and O–H groups in total. The first-order chi connectivity index (χ1) is 9.84.